The lowest BCUT2D eigenvalue weighted by Gasteiger charge is -2.17. The van der Waals surface area contributed by atoms with Crippen molar-refractivity contribution in [3.63, 3.8) is 0 Å². The fourth-order valence-electron chi connectivity index (χ4n) is 2.21. The van der Waals surface area contributed by atoms with Gasteiger partial charge in [0.2, 0.25) is 5.91 Å². The summed E-state index contributed by atoms with van der Waals surface area (Å²) in [5.41, 5.74) is 0.865. The van der Waals surface area contributed by atoms with E-state index in [-0.39, 0.29) is 5.91 Å². The number of thioether (sulfide) groups is 1. The number of rotatable bonds is 8. The molecule has 110 valence electrons. The molecule has 1 aromatic rings. The minimum absolute atomic E-state index is 0.0250. The third-order valence-corrected chi connectivity index (χ3v) is 4.58. The van der Waals surface area contributed by atoms with E-state index in [1.165, 1.54) is 31.1 Å². The largest absolute Gasteiger partial charge is 0.326 e. The van der Waals surface area contributed by atoms with Crippen LogP contribution in [0.2, 0.25) is 0 Å². The van der Waals surface area contributed by atoms with E-state index in [2.05, 4.69) is 29.7 Å². The van der Waals surface area contributed by atoms with E-state index < -0.39 is 0 Å². The first-order valence-corrected chi connectivity index (χ1v) is 8.41. The van der Waals surface area contributed by atoms with E-state index in [1.54, 1.807) is 0 Å². The third kappa shape index (κ3) is 5.17. The SMILES string of the molecule is CCCNC(CSc1ccc(NC(C)=O)cc1)C1CC1. The summed E-state index contributed by atoms with van der Waals surface area (Å²) in [6.07, 6.45) is 3.95. The second kappa shape index (κ2) is 7.70. The summed E-state index contributed by atoms with van der Waals surface area (Å²) in [6, 6.07) is 8.75. The maximum absolute atomic E-state index is 11.0. The molecule has 0 saturated heterocycles. The number of nitrogens with one attached hydrogen (secondary N) is 2. The Kier molecular flexibility index (Phi) is 5.92. The lowest BCUT2D eigenvalue weighted by Crippen LogP contribution is -2.33. The number of anilines is 1. The number of hydrogen-bond acceptors (Lipinski definition) is 3. The Morgan fingerprint density at radius 3 is 2.60 bits per heavy atom. The fraction of sp³-hybridized carbons (Fsp3) is 0.562. The van der Waals surface area contributed by atoms with Gasteiger partial charge in [-0.15, -0.1) is 11.8 Å². The Balaban J connectivity index is 1.81. The molecular weight excluding hydrogens is 268 g/mol. The van der Waals surface area contributed by atoms with Gasteiger partial charge in [-0.3, -0.25) is 4.79 Å². The van der Waals surface area contributed by atoms with Crippen molar-refractivity contribution in [3.8, 4) is 0 Å². The minimum Gasteiger partial charge on any atom is -0.326 e. The first-order chi connectivity index (χ1) is 9.69. The normalized spacial score (nSPS) is 15.9. The third-order valence-electron chi connectivity index (χ3n) is 3.45. The van der Waals surface area contributed by atoms with Crippen LogP contribution >= 0.6 is 11.8 Å². The highest BCUT2D eigenvalue weighted by Gasteiger charge is 2.30. The van der Waals surface area contributed by atoms with E-state index in [1.807, 2.05) is 23.9 Å². The highest BCUT2D eigenvalue weighted by atomic mass is 32.2. The zero-order valence-corrected chi connectivity index (χ0v) is 13.1. The monoisotopic (exact) mass is 292 g/mol. The van der Waals surface area contributed by atoms with Crippen LogP contribution in [0.1, 0.15) is 33.1 Å². The molecule has 0 spiro atoms. The van der Waals surface area contributed by atoms with E-state index in [9.17, 15) is 4.79 Å². The van der Waals surface area contributed by atoms with Crippen LogP contribution in [0, 0.1) is 5.92 Å². The van der Waals surface area contributed by atoms with Crippen LogP contribution in [-0.4, -0.2) is 24.2 Å². The Bertz CT molecular complexity index is 429. The smallest absolute Gasteiger partial charge is 0.221 e. The number of hydrogen-bond donors (Lipinski definition) is 2. The summed E-state index contributed by atoms with van der Waals surface area (Å²) in [5, 5.41) is 6.45. The average Bonchev–Trinajstić information content (AvgIpc) is 3.24. The van der Waals surface area contributed by atoms with E-state index >= 15 is 0 Å². The zero-order chi connectivity index (χ0) is 14.4. The Hall–Kier alpha value is -1.00. The van der Waals surface area contributed by atoms with Gasteiger partial charge in [0.25, 0.3) is 0 Å². The molecule has 1 aliphatic carbocycles. The maximum atomic E-state index is 11.0. The molecular formula is C16H24N2OS. The van der Waals surface area contributed by atoms with Gasteiger partial charge in [0, 0.05) is 29.3 Å². The molecule has 1 unspecified atom stereocenters. The Labute approximate surface area is 125 Å². The maximum Gasteiger partial charge on any atom is 0.221 e. The average molecular weight is 292 g/mol. The van der Waals surface area contributed by atoms with Crippen LogP contribution in [0.5, 0.6) is 0 Å². The molecule has 1 amide bonds. The molecule has 2 N–H and O–H groups in total. The zero-order valence-electron chi connectivity index (χ0n) is 12.3. The van der Waals surface area contributed by atoms with Gasteiger partial charge in [-0.05, 0) is 56.0 Å². The molecule has 1 aromatic carbocycles. The van der Waals surface area contributed by atoms with Crippen LogP contribution in [-0.2, 0) is 4.79 Å². The van der Waals surface area contributed by atoms with Gasteiger partial charge in [-0.25, -0.2) is 0 Å². The van der Waals surface area contributed by atoms with Crippen molar-refractivity contribution in [3.05, 3.63) is 24.3 Å². The van der Waals surface area contributed by atoms with E-state index in [0.29, 0.717) is 6.04 Å². The lowest BCUT2D eigenvalue weighted by atomic mass is 10.2. The number of benzene rings is 1. The molecule has 1 fully saturated rings. The summed E-state index contributed by atoms with van der Waals surface area (Å²) >= 11 is 1.90. The van der Waals surface area contributed by atoms with Crippen LogP contribution in [0.15, 0.2) is 29.2 Å². The molecule has 1 aliphatic rings. The van der Waals surface area contributed by atoms with Crippen LogP contribution < -0.4 is 10.6 Å². The van der Waals surface area contributed by atoms with Crippen molar-refractivity contribution in [1.82, 2.24) is 5.32 Å². The second-order valence-electron chi connectivity index (χ2n) is 5.41. The molecule has 0 bridgehead atoms. The number of carbonyl (C=O) groups excluding carboxylic acids is 1. The van der Waals surface area contributed by atoms with Crippen molar-refractivity contribution < 1.29 is 4.79 Å². The molecule has 20 heavy (non-hydrogen) atoms. The Morgan fingerprint density at radius 2 is 2.05 bits per heavy atom. The van der Waals surface area contributed by atoms with Gasteiger partial charge in [0.15, 0.2) is 0 Å². The molecule has 1 atom stereocenters. The van der Waals surface area contributed by atoms with Crippen molar-refractivity contribution in [1.29, 1.82) is 0 Å². The molecule has 0 radical (unpaired) electrons. The van der Waals surface area contributed by atoms with Gasteiger partial charge < -0.3 is 10.6 Å². The lowest BCUT2D eigenvalue weighted by molar-refractivity contribution is -0.114. The number of carbonyl (C=O) groups is 1. The van der Waals surface area contributed by atoms with Crippen molar-refractivity contribution in [2.24, 2.45) is 5.92 Å². The first-order valence-electron chi connectivity index (χ1n) is 7.43. The summed E-state index contributed by atoms with van der Waals surface area (Å²) in [4.78, 5) is 12.2. The van der Waals surface area contributed by atoms with E-state index in [0.717, 1.165) is 23.9 Å². The second-order valence-corrected chi connectivity index (χ2v) is 6.51. The highest BCUT2D eigenvalue weighted by Crippen LogP contribution is 2.35. The molecule has 0 aromatic heterocycles. The van der Waals surface area contributed by atoms with Gasteiger partial charge in [0.05, 0.1) is 0 Å². The minimum atomic E-state index is -0.0250. The van der Waals surface area contributed by atoms with Gasteiger partial charge in [-0.1, -0.05) is 6.92 Å². The summed E-state index contributed by atoms with van der Waals surface area (Å²) in [6.45, 7) is 4.86. The number of amides is 1. The fourth-order valence-corrected chi connectivity index (χ4v) is 3.30. The summed E-state index contributed by atoms with van der Waals surface area (Å²) in [5.74, 6) is 1.99. The van der Waals surface area contributed by atoms with E-state index in [4.69, 9.17) is 0 Å². The molecule has 1 saturated carbocycles. The molecule has 3 nitrogen and oxygen atoms in total. The Morgan fingerprint density at radius 1 is 1.35 bits per heavy atom. The highest BCUT2D eigenvalue weighted by molar-refractivity contribution is 7.99. The first kappa shape index (κ1) is 15.4. The summed E-state index contributed by atoms with van der Waals surface area (Å²) < 4.78 is 0. The van der Waals surface area contributed by atoms with Crippen LogP contribution in [0.3, 0.4) is 0 Å². The predicted molar refractivity (Wildman–Crippen MR) is 86.3 cm³/mol. The van der Waals surface area contributed by atoms with Gasteiger partial charge >= 0.3 is 0 Å². The molecule has 0 aliphatic heterocycles. The quantitative estimate of drug-likeness (QED) is 0.720. The topological polar surface area (TPSA) is 41.1 Å². The molecule has 2 rings (SSSR count). The van der Waals surface area contributed by atoms with Crippen molar-refractivity contribution >= 4 is 23.4 Å². The van der Waals surface area contributed by atoms with Gasteiger partial charge in [0.1, 0.15) is 0 Å². The van der Waals surface area contributed by atoms with Gasteiger partial charge in [-0.2, -0.15) is 0 Å². The van der Waals surface area contributed by atoms with Crippen LogP contribution in [0.25, 0.3) is 0 Å². The predicted octanol–water partition coefficient (Wildman–Crippen LogP) is 3.52. The van der Waals surface area contributed by atoms with Crippen molar-refractivity contribution in [2.45, 2.75) is 44.0 Å². The van der Waals surface area contributed by atoms with Crippen molar-refractivity contribution in [2.75, 3.05) is 17.6 Å². The van der Waals surface area contributed by atoms with Crippen LogP contribution in [0.4, 0.5) is 5.69 Å². The summed E-state index contributed by atoms with van der Waals surface area (Å²) in [7, 11) is 0. The molecule has 0 heterocycles. The standard InChI is InChI=1S/C16H24N2OS/c1-3-10-17-16(13-4-5-13)11-20-15-8-6-14(7-9-15)18-12(2)19/h6-9,13,16-17H,3-5,10-11H2,1-2H3,(H,18,19). The molecule has 4 heteroatoms.